The van der Waals surface area contributed by atoms with E-state index in [1.807, 2.05) is 0 Å². The van der Waals surface area contributed by atoms with E-state index in [9.17, 15) is 15.2 Å². The Morgan fingerprint density at radius 2 is 1.78 bits per heavy atom. The maximum absolute atomic E-state index is 10.0. The zero-order valence-electron chi connectivity index (χ0n) is 10.9. The normalized spacial score (nSPS) is 12.6. The monoisotopic (exact) mass is 272 g/mol. The molecule has 0 aliphatic heterocycles. The molecule has 0 saturated carbocycles. The van der Waals surface area contributed by atoms with Crippen molar-refractivity contribution in [2.45, 2.75) is 38.9 Å². The maximum atomic E-state index is 10.0. The van der Waals surface area contributed by atoms with Crippen LogP contribution in [-0.4, -0.2) is 33.6 Å². The van der Waals surface area contributed by atoms with Crippen molar-refractivity contribution in [2.24, 2.45) is 0 Å². The summed E-state index contributed by atoms with van der Waals surface area (Å²) in [4.78, 5) is 0. The fourth-order valence-corrected chi connectivity index (χ4v) is 1.52. The van der Waals surface area contributed by atoms with Gasteiger partial charge in [0.15, 0.2) is 0 Å². The zero-order chi connectivity index (χ0) is 14.1. The minimum absolute atomic E-state index is 0.0940. The summed E-state index contributed by atoms with van der Waals surface area (Å²) in [5.74, 6) is -0.151. The molecule has 4 nitrogen and oxygen atoms in total. The van der Waals surface area contributed by atoms with Gasteiger partial charge in [-0.05, 0) is 39.8 Å². The molecule has 0 unspecified atom stereocenters. The molecule has 3 N–H and O–H groups in total. The predicted octanol–water partition coefficient (Wildman–Crippen LogP) is 1.30. The van der Waals surface area contributed by atoms with E-state index >= 15 is 0 Å². The van der Waals surface area contributed by atoms with Crippen molar-refractivity contribution in [2.75, 3.05) is 0 Å². The first-order chi connectivity index (χ1) is 8.06. The Hall–Kier alpha value is -0.745. The summed E-state index contributed by atoms with van der Waals surface area (Å²) in [5.41, 5.74) is -2.08. The van der Waals surface area contributed by atoms with Gasteiger partial charge in [-0.2, -0.15) is 0 Å². The number of phenols is 1. The number of halogens is 1. The molecular weight excluding hydrogens is 254 g/mol. The molecule has 0 fully saturated rings. The Morgan fingerprint density at radius 3 is 2.22 bits per heavy atom. The highest BCUT2D eigenvalue weighted by Gasteiger charge is 2.40. The fraction of sp³-hybridized carbons (Fsp3) is 0.500. The van der Waals surface area contributed by atoms with Gasteiger partial charge in [0, 0.05) is 10.5 Å². The Balaban J connectivity index is 3.00. The van der Waals surface area contributed by atoms with Gasteiger partial charge in [0.05, 0.1) is 11.2 Å². The molecule has 18 heavy (non-hydrogen) atoms. The van der Waals surface area contributed by atoms with Crippen LogP contribution in [0.1, 0.15) is 27.7 Å². The summed E-state index contributed by atoms with van der Waals surface area (Å²) in [6.07, 6.45) is 0. The average Bonchev–Trinajstić information content (AvgIpc) is 2.14. The van der Waals surface area contributed by atoms with E-state index in [-0.39, 0.29) is 16.2 Å². The van der Waals surface area contributed by atoms with Crippen molar-refractivity contribution in [3.63, 3.8) is 0 Å². The Labute approximate surface area is 112 Å². The third-order valence-electron chi connectivity index (χ3n) is 3.16. The summed E-state index contributed by atoms with van der Waals surface area (Å²) >= 11 is 5.90. The SMILES string of the molecule is CC(C)(O)C(C)(C)OB(O)c1c(O)cccc1Cl. The van der Waals surface area contributed by atoms with Gasteiger partial charge < -0.3 is 19.9 Å². The van der Waals surface area contributed by atoms with Gasteiger partial charge in [-0.3, -0.25) is 0 Å². The van der Waals surface area contributed by atoms with E-state index in [4.69, 9.17) is 16.3 Å². The maximum Gasteiger partial charge on any atom is 0.496 e. The topological polar surface area (TPSA) is 69.9 Å². The van der Waals surface area contributed by atoms with Gasteiger partial charge in [0.1, 0.15) is 5.75 Å². The molecule has 1 rings (SSSR count). The highest BCUT2D eigenvalue weighted by atomic mass is 35.5. The minimum atomic E-state index is -1.42. The molecule has 0 atom stereocenters. The molecular formula is C12H18BClO4. The Morgan fingerprint density at radius 1 is 1.22 bits per heavy atom. The van der Waals surface area contributed by atoms with Crippen LogP contribution in [0.15, 0.2) is 18.2 Å². The number of aliphatic hydroxyl groups is 1. The highest BCUT2D eigenvalue weighted by Crippen LogP contribution is 2.26. The first-order valence-corrected chi connectivity index (χ1v) is 5.99. The average molecular weight is 273 g/mol. The molecule has 0 radical (unpaired) electrons. The summed E-state index contributed by atoms with van der Waals surface area (Å²) < 4.78 is 5.41. The van der Waals surface area contributed by atoms with Crippen molar-refractivity contribution in [3.05, 3.63) is 23.2 Å². The van der Waals surface area contributed by atoms with Gasteiger partial charge in [-0.25, -0.2) is 0 Å². The van der Waals surface area contributed by atoms with Crippen LogP contribution in [0.5, 0.6) is 5.75 Å². The molecule has 6 heteroatoms. The third-order valence-corrected chi connectivity index (χ3v) is 3.49. The first kappa shape index (κ1) is 15.3. The van der Waals surface area contributed by atoms with E-state index < -0.39 is 18.3 Å². The third kappa shape index (κ3) is 3.17. The molecule has 1 aromatic rings. The lowest BCUT2D eigenvalue weighted by molar-refractivity contribution is -0.0983. The van der Waals surface area contributed by atoms with Gasteiger partial charge in [-0.1, -0.05) is 17.7 Å². The summed E-state index contributed by atoms with van der Waals surface area (Å²) in [7, 11) is -1.42. The molecule has 0 bridgehead atoms. The van der Waals surface area contributed by atoms with Crippen LogP contribution in [0, 0.1) is 0 Å². The summed E-state index contributed by atoms with van der Waals surface area (Å²) in [6, 6.07) is 4.51. The molecule has 0 aliphatic carbocycles. The van der Waals surface area contributed by atoms with Gasteiger partial charge in [-0.15, -0.1) is 0 Å². The number of benzene rings is 1. The molecule has 1 aromatic carbocycles. The second kappa shape index (κ2) is 5.09. The predicted molar refractivity (Wildman–Crippen MR) is 72.2 cm³/mol. The van der Waals surface area contributed by atoms with Crippen LogP contribution in [0.25, 0.3) is 0 Å². The first-order valence-electron chi connectivity index (χ1n) is 5.62. The molecule has 0 heterocycles. The number of rotatable bonds is 4. The van der Waals surface area contributed by atoms with Crippen molar-refractivity contribution in [1.29, 1.82) is 0 Å². The van der Waals surface area contributed by atoms with E-state index in [2.05, 4.69) is 0 Å². The quantitative estimate of drug-likeness (QED) is 0.723. The molecule has 100 valence electrons. The summed E-state index contributed by atoms with van der Waals surface area (Å²) in [6.45, 7) is 6.44. The number of aromatic hydroxyl groups is 1. The van der Waals surface area contributed by atoms with Crippen LogP contribution in [0.3, 0.4) is 0 Å². The molecule has 0 amide bonds. The lowest BCUT2D eigenvalue weighted by Gasteiger charge is -2.38. The number of hydrogen-bond acceptors (Lipinski definition) is 4. The van der Waals surface area contributed by atoms with Crippen LogP contribution >= 0.6 is 11.6 Å². The fourth-order valence-electron chi connectivity index (χ4n) is 1.25. The Kier molecular flexibility index (Phi) is 4.33. The van der Waals surface area contributed by atoms with Crippen molar-refractivity contribution >= 4 is 24.2 Å². The second-order valence-electron chi connectivity index (χ2n) is 5.21. The second-order valence-corrected chi connectivity index (χ2v) is 5.62. The van der Waals surface area contributed by atoms with Crippen molar-refractivity contribution in [1.82, 2.24) is 0 Å². The van der Waals surface area contributed by atoms with Gasteiger partial charge >= 0.3 is 7.12 Å². The molecule has 0 spiro atoms. The largest absolute Gasteiger partial charge is 0.508 e. The van der Waals surface area contributed by atoms with E-state index in [0.29, 0.717) is 0 Å². The Bertz CT molecular complexity index is 408. The van der Waals surface area contributed by atoms with E-state index in [1.54, 1.807) is 39.8 Å². The van der Waals surface area contributed by atoms with Crippen LogP contribution in [-0.2, 0) is 4.65 Å². The molecule has 0 aliphatic rings. The van der Waals surface area contributed by atoms with E-state index in [1.165, 1.54) is 6.07 Å². The lowest BCUT2D eigenvalue weighted by Crippen LogP contribution is -2.53. The number of phenolic OH excluding ortho intramolecular Hbond substituents is 1. The number of hydrogen-bond donors (Lipinski definition) is 3. The molecule has 0 saturated heterocycles. The zero-order valence-corrected chi connectivity index (χ0v) is 11.7. The van der Waals surface area contributed by atoms with Crippen LogP contribution in [0.4, 0.5) is 0 Å². The molecule has 0 aromatic heterocycles. The van der Waals surface area contributed by atoms with Crippen LogP contribution < -0.4 is 5.46 Å². The van der Waals surface area contributed by atoms with Crippen molar-refractivity contribution in [3.8, 4) is 5.75 Å². The van der Waals surface area contributed by atoms with Gasteiger partial charge in [0.25, 0.3) is 0 Å². The van der Waals surface area contributed by atoms with Crippen LogP contribution in [0.2, 0.25) is 5.02 Å². The smallest absolute Gasteiger partial charge is 0.496 e. The van der Waals surface area contributed by atoms with Crippen molar-refractivity contribution < 1.29 is 19.9 Å². The van der Waals surface area contributed by atoms with E-state index in [0.717, 1.165) is 0 Å². The standard InChI is InChI=1S/C12H18BClO4/c1-11(2,16)12(3,4)18-13(17)10-8(14)6-5-7-9(10)15/h5-7,15-17H,1-4H3. The highest BCUT2D eigenvalue weighted by molar-refractivity contribution is 6.65. The van der Waals surface area contributed by atoms with Gasteiger partial charge in [0.2, 0.25) is 0 Å². The summed E-state index contributed by atoms with van der Waals surface area (Å²) in [5, 5.41) is 29.8. The lowest BCUT2D eigenvalue weighted by atomic mass is 9.76. The minimum Gasteiger partial charge on any atom is -0.508 e.